The fourth-order valence-electron chi connectivity index (χ4n) is 3.04. The molecule has 0 saturated carbocycles. The molecule has 2 aromatic rings. The molecule has 1 fully saturated rings. The maximum absolute atomic E-state index is 11.9. The number of likely N-dealkylation sites (tertiary alicyclic amines) is 1. The van der Waals surface area contributed by atoms with Crippen LogP contribution in [0.4, 0.5) is 0 Å². The van der Waals surface area contributed by atoms with Gasteiger partial charge < -0.3 is 9.84 Å². The number of amides is 1. The molecule has 0 radical (unpaired) electrons. The van der Waals surface area contributed by atoms with Gasteiger partial charge in [0, 0.05) is 25.7 Å². The molecule has 1 aliphatic heterocycles. The molecule has 2 heterocycles. The number of benzene rings is 1. The molecule has 0 spiro atoms. The highest BCUT2D eigenvalue weighted by Crippen LogP contribution is 2.18. The summed E-state index contributed by atoms with van der Waals surface area (Å²) < 4.78 is 5.07. The lowest BCUT2D eigenvalue weighted by Gasteiger charge is -2.16. The zero-order valence-electron chi connectivity index (χ0n) is 13.5. The number of hydrogen-bond acceptors (Lipinski definition) is 4. The quantitative estimate of drug-likeness (QED) is 0.888. The Morgan fingerprint density at radius 3 is 2.96 bits per heavy atom. The van der Waals surface area contributed by atoms with E-state index in [1.165, 1.54) is 5.56 Å². The molecule has 1 aromatic carbocycles. The average molecular weight is 313 g/mol. The molecule has 0 unspecified atom stereocenters. The van der Waals surface area contributed by atoms with Gasteiger partial charge in [-0.25, -0.2) is 0 Å². The van der Waals surface area contributed by atoms with Crippen LogP contribution in [0.3, 0.4) is 0 Å². The van der Waals surface area contributed by atoms with Crippen molar-refractivity contribution >= 4 is 5.91 Å². The van der Waals surface area contributed by atoms with E-state index in [1.807, 2.05) is 13.0 Å². The normalized spacial score (nSPS) is 18.2. The van der Waals surface area contributed by atoms with Crippen molar-refractivity contribution in [2.45, 2.75) is 26.3 Å². The standard InChI is InChI=1S/C18H23N3O2/c1-14-9-17(23-20-14)10-18(22)19-11-16-7-8-21(13-16)12-15-5-3-2-4-6-15/h2-6,9,16H,7-8,10-13H2,1H3,(H,19,22)/t16-/m1/s1. The Morgan fingerprint density at radius 2 is 2.22 bits per heavy atom. The Bertz CT molecular complexity index is 639. The van der Waals surface area contributed by atoms with Gasteiger partial charge in [0.25, 0.3) is 0 Å². The molecule has 1 amide bonds. The minimum absolute atomic E-state index is 0.00246. The van der Waals surface area contributed by atoms with Crippen molar-refractivity contribution in [3.63, 3.8) is 0 Å². The van der Waals surface area contributed by atoms with Crippen LogP contribution in [0, 0.1) is 12.8 Å². The third-order valence-electron chi connectivity index (χ3n) is 4.22. The summed E-state index contributed by atoms with van der Waals surface area (Å²) in [5.74, 6) is 1.15. The monoisotopic (exact) mass is 313 g/mol. The highest BCUT2D eigenvalue weighted by atomic mass is 16.5. The molecular formula is C18H23N3O2. The van der Waals surface area contributed by atoms with Crippen LogP contribution in [-0.2, 0) is 17.8 Å². The predicted octanol–water partition coefficient (Wildman–Crippen LogP) is 2.16. The van der Waals surface area contributed by atoms with E-state index in [4.69, 9.17) is 4.52 Å². The fourth-order valence-corrected chi connectivity index (χ4v) is 3.04. The van der Waals surface area contributed by atoms with Crippen molar-refractivity contribution in [1.82, 2.24) is 15.4 Å². The molecule has 122 valence electrons. The molecule has 23 heavy (non-hydrogen) atoms. The van der Waals surface area contributed by atoms with E-state index in [9.17, 15) is 4.79 Å². The van der Waals surface area contributed by atoms with Gasteiger partial charge in [-0.05, 0) is 31.4 Å². The summed E-state index contributed by atoms with van der Waals surface area (Å²) in [6.45, 7) is 5.71. The minimum Gasteiger partial charge on any atom is -0.361 e. The largest absolute Gasteiger partial charge is 0.361 e. The first-order valence-corrected chi connectivity index (χ1v) is 8.14. The Labute approximate surface area is 136 Å². The van der Waals surface area contributed by atoms with Gasteiger partial charge in [-0.2, -0.15) is 0 Å². The zero-order chi connectivity index (χ0) is 16.1. The Balaban J connectivity index is 1.39. The van der Waals surface area contributed by atoms with Gasteiger partial charge in [0.15, 0.2) is 0 Å². The van der Waals surface area contributed by atoms with Crippen LogP contribution in [0.15, 0.2) is 40.9 Å². The predicted molar refractivity (Wildman–Crippen MR) is 87.8 cm³/mol. The van der Waals surface area contributed by atoms with Gasteiger partial charge in [-0.15, -0.1) is 0 Å². The lowest BCUT2D eigenvalue weighted by atomic mass is 10.1. The topological polar surface area (TPSA) is 58.4 Å². The number of aromatic nitrogens is 1. The van der Waals surface area contributed by atoms with Crippen LogP contribution >= 0.6 is 0 Å². The lowest BCUT2D eigenvalue weighted by molar-refractivity contribution is -0.120. The molecule has 1 atom stereocenters. The summed E-state index contributed by atoms with van der Waals surface area (Å²) in [5.41, 5.74) is 2.15. The van der Waals surface area contributed by atoms with Gasteiger partial charge in [-0.1, -0.05) is 35.5 Å². The first-order chi connectivity index (χ1) is 11.2. The molecule has 1 saturated heterocycles. The second kappa shape index (κ2) is 7.42. The van der Waals surface area contributed by atoms with Gasteiger partial charge in [0.05, 0.1) is 12.1 Å². The lowest BCUT2D eigenvalue weighted by Crippen LogP contribution is -2.31. The fraction of sp³-hybridized carbons (Fsp3) is 0.444. The van der Waals surface area contributed by atoms with Gasteiger partial charge in [-0.3, -0.25) is 9.69 Å². The summed E-state index contributed by atoms with van der Waals surface area (Å²) >= 11 is 0. The molecule has 0 bridgehead atoms. The molecule has 0 aliphatic carbocycles. The maximum atomic E-state index is 11.9. The van der Waals surface area contributed by atoms with Crippen molar-refractivity contribution in [3.8, 4) is 0 Å². The first-order valence-electron chi connectivity index (χ1n) is 8.14. The van der Waals surface area contributed by atoms with Gasteiger partial charge in [0.1, 0.15) is 5.76 Å². The van der Waals surface area contributed by atoms with E-state index < -0.39 is 0 Å². The number of nitrogens with one attached hydrogen (secondary N) is 1. The van der Waals surface area contributed by atoms with Gasteiger partial charge in [0.2, 0.25) is 5.91 Å². The number of aryl methyl sites for hydroxylation is 1. The number of nitrogens with zero attached hydrogens (tertiary/aromatic N) is 2. The Hall–Kier alpha value is -2.14. The van der Waals surface area contributed by atoms with E-state index in [1.54, 1.807) is 6.07 Å². The molecular weight excluding hydrogens is 290 g/mol. The van der Waals surface area contributed by atoms with Crippen LogP contribution in [0.5, 0.6) is 0 Å². The maximum Gasteiger partial charge on any atom is 0.227 e. The Kier molecular flexibility index (Phi) is 5.08. The van der Waals surface area contributed by atoms with Crippen LogP contribution in [-0.4, -0.2) is 35.6 Å². The third-order valence-corrected chi connectivity index (χ3v) is 4.22. The van der Waals surface area contributed by atoms with Crippen molar-refractivity contribution < 1.29 is 9.32 Å². The summed E-state index contributed by atoms with van der Waals surface area (Å²) in [6.07, 6.45) is 1.40. The summed E-state index contributed by atoms with van der Waals surface area (Å²) in [4.78, 5) is 14.4. The van der Waals surface area contributed by atoms with E-state index in [-0.39, 0.29) is 12.3 Å². The van der Waals surface area contributed by atoms with E-state index in [0.29, 0.717) is 11.7 Å². The zero-order valence-corrected chi connectivity index (χ0v) is 13.5. The van der Waals surface area contributed by atoms with Crippen molar-refractivity contribution in [2.24, 2.45) is 5.92 Å². The highest BCUT2D eigenvalue weighted by Gasteiger charge is 2.22. The average Bonchev–Trinajstić information content (AvgIpc) is 3.15. The smallest absolute Gasteiger partial charge is 0.227 e. The number of hydrogen-bond donors (Lipinski definition) is 1. The molecule has 1 aliphatic rings. The van der Waals surface area contributed by atoms with E-state index in [2.05, 4.69) is 39.6 Å². The number of rotatable bonds is 6. The molecule has 1 aromatic heterocycles. The summed E-state index contributed by atoms with van der Waals surface area (Å²) in [5, 5.41) is 6.81. The molecule has 5 heteroatoms. The molecule has 1 N–H and O–H groups in total. The second-order valence-electron chi connectivity index (χ2n) is 6.29. The van der Waals surface area contributed by atoms with Gasteiger partial charge >= 0.3 is 0 Å². The Morgan fingerprint density at radius 1 is 1.39 bits per heavy atom. The molecule has 5 nitrogen and oxygen atoms in total. The number of carbonyl (C=O) groups excluding carboxylic acids is 1. The minimum atomic E-state index is 0.00246. The second-order valence-corrected chi connectivity index (χ2v) is 6.29. The van der Waals surface area contributed by atoms with Crippen LogP contribution in [0.25, 0.3) is 0 Å². The highest BCUT2D eigenvalue weighted by molar-refractivity contribution is 5.77. The third kappa shape index (κ3) is 4.66. The first kappa shape index (κ1) is 15.7. The van der Waals surface area contributed by atoms with Crippen molar-refractivity contribution in [3.05, 3.63) is 53.4 Å². The van der Waals surface area contributed by atoms with Crippen LogP contribution < -0.4 is 5.32 Å². The van der Waals surface area contributed by atoms with E-state index >= 15 is 0 Å². The SMILES string of the molecule is Cc1cc(CC(=O)NC[C@H]2CCN(Cc3ccccc3)C2)on1. The number of carbonyl (C=O) groups is 1. The summed E-state index contributed by atoms with van der Waals surface area (Å²) in [6, 6.07) is 12.3. The van der Waals surface area contributed by atoms with Crippen LogP contribution in [0.2, 0.25) is 0 Å². The van der Waals surface area contributed by atoms with Crippen molar-refractivity contribution in [2.75, 3.05) is 19.6 Å². The van der Waals surface area contributed by atoms with E-state index in [0.717, 1.165) is 38.3 Å². The summed E-state index contributed by atoms with van der Waals surface area (Å²) in [7, 11) is 0. The van der Waals surface area contributed by atoms with Crippen LogP contribution in [0.1, 0.15) is 23.4 Å². The molecule has 3 rings (SSSR count). The van der Waals surface area contributed by atoms with Crippen molar-refractivity contribution in [1.29, 1.82) is 0 Å².